The molecule has 2 aromatic carbocycles. The number of anilines is 1. The lowest BCUT2D eigenvalue weighted by Gasteiger charge is -2.05. The van der Waals surface area contributed by atoms with E-state index in [2.05, 4.69) is 14.9 Å². The van der Waals surface area contributed by atoms with Crippen molar-refractivity contribution in [1.82, 2.24) is 10.2 Å². The lowest BCUT2D eigenvalue weighted by atomic mass is 10.2. The lowest BCUT2D eigenvalue weighted by molar-refractivity contribution is 0.601. The first-order valence-electron chi connectivity index (χ1n) is 6.06. The number of nitrogens with one attached hydrogen (secondary N) is 2. The molecule has 0 fully saturated rings. The second-order valence-corrected chi connectivity index (χ2v) is 6.04. The van der Waals surface area contributed by atoms with Gasteiger partial charge in [-0.05, 0) is 36.4 Å². The van der Waals surface area contributed by atoms with Crippen LogP contribution in [0.5, 0.6) is 0 Å². The summed E-state index contributed by atoms with van der Waals surface area (Å²) >= 11 is 0. The third kappa shape index (κ3) is 2.44. The highest BCUT2D eigenvalue weighted by Gasteiger charge is 2.17. The van der Waals surface area contributed by atoms with Gasteiger partial charge in [0, 0.05) is 5.39 Å². The molecular formula is C14H10N4O2S. The number of nitrogens with zero attached hydrogens (tertiary/aromatic N) is 2. The average Bonchev–Trinajstić information content (AvgIpc) is 2.90. The summed E-state index contributed by atoms with van der Waals surface area (Å²) in [5.74, 6) is 0.245. The van der Waals surface area contributed by atoms with Crippen LogP contribution in [0.1, 0.15) is 5.56 Å². The lowest BCUT2D eigenvalue weighted by Crippen LogP contribution is -2.13. The molecule has 0 spiro atoms. The van der Waals surface area contributed by atoms with Crippen molar-refractivity contribution in [3.8, 4) is 6.07 Å². The number of sulfonamides is 1. The van der Waals surface area contributed by atoms with E-state index in [0.29, 0.717) is 10.9 Å². The number of benzene rings is 2. The van der Waals surface area contributed by atoms with E-state index in [9.17, 15) is 8.42 Å². The van der Waals surface area contributed by atoms with E-state index in [-0.39, 0.29) is 10.7 Å². The number of rotatable bonds is 3. The van der Waals surface area contributed by atoms with Crippen molar-refractivity contribution in [3.05, 3.63) is 54.1 Å². The van der Waals surface area contributed by atoms with Gasteiger partial charge >= 0.3 is 0 Å². The zero-order valence-corrected chi connectivity index (χ0v) is 11.6. The number of nitriles is 1. The molecule has 0 aliphatic rings. The molecule has 7 heteroatoms. The number of fused-ring (bicyclic) bond motifs is 1. The summed E-state index contributed by atoms with van der Waals surface area (Å²) in [6.07, 6.45) is 0. The Hall–Kier alpha value is -2.85. The molecule has 0 aliphatic carbocycles. The van der Waals surface area contributed by atoms with Crippen molar-refractivity contribution in [3.63, 3.8) is 0 Å². The molecule has 1 heterocycles. The standard InChI is InChI=1S/C14H10N4O2S/c15-9-10-5-7-11(8-6-10)21(19,20)18-14-12-3-1-2-4-13(12)16-17-14/h1-8H,(H2,16,17,18). The highest BCUT2D eigenvalue weighted by molar-refractivity contribution is 7.92. The number of aromatic amines is 1. The Morgan fingerprint density at radius 3 is 2.52 bits per heavy atom. The Morgan fingerprint density at radius 2 is 1.81 bits per heavy atom. The van der Waals surface area contributed by atoms with Crippen molar-refractivity contribution in [2.75, 3.05) is 4.72 Å². The molecule has 0 radical (unpaired) electrons. The van der Waals surface area contributed by atoms with Crippen LogP contribution < -0.4 is 4.72 Å². The molecule has 0 saturated carbocycles. The van der Waals surface area contributed by atoms with Crippen LogP contribution >= 0.6 is 0 Å². The first-order valence-corrected chi connectivity index (χ1v) is 7.54. The molecule has 6 nitrogen and oxygen atoms in total. The smallest absolute Gasteiger partial charge is 0.263 e. The molecule has 2 N–H and O–H groups in total. The van der Waals surface area contributed by atoms with E-state index in [4.69, 9.17) is 5.26 Å². The van der Waals surface area contributed by atoms with Gasteiger partial charge in [-0.2, -0.15) is 10.4 Å². The predicted molar refractivity (Wildman–Crippen MR) is 78.1 cm³/mol. The maximum Gasteiger partial charge on any atom is 0.263 e. The molecule has 0 saturated heterocycles. The fourth-order valence-electron chi connectivity index (χ4n) is 1.94. The first kappa shape index (κ1) is 13.1. The fourth-order valence-corrected chi connectivity index (χ4v) is 2.96. The fraction of sp³-hybridized carbons (Fsp3) is 0. The molecule has 0 aliphatic heterocycles. The normalized spacial score (nSPS) is 11.2. The molecule has 1 aromatic heterocycles. The molecule has 0 bridgehead atoms. The highest BCUT2D eigenvalue weighted by atomic mass is 32.2. The van der Waals surface area contributed by atoms with Crippen LogP contribution in [0.2, 0.25) is 0 Å². The Balaban J connectivity index is 1.97. The van der Waals surface area contributed by atoms with Crippen LogP contribution in [0.4, 0.5) is 5.82 Å². The van der Waals surface area contributed by atoms with Gasteiger partial charge in [0.15, 0.2) is 5.82 Å². The van der Waals surface area contributed by atoms with Crippen molar-refractivity contribution >= 4 is 26.7 Å². The van der Waals surface area contributed by atoms with E-state index in [1.54, 1.807) is 12.1 Å². The third-order valence-corrected chi connectivity index (χ3v) is 4.35. The van der Waals surface area contributed by atoms with E-state index in [1.807, 2.05) is 18.2 Å². The molecule has 21 heavy (non-hydrogen) atoms. The van der Waals surface area contributed by atoms with E-state index in [1.165, 1.54) is 24.3 Å². The Morgan fingerprint density at radius 1 is 1.10 bits per heavy atom. The predicted octanol–water partition coefficient (Wildman–Crippen LogP) is 2.24. The van der Waals surface area contributed by atoms with Crippen LogP contribution in [0.15, 0.2) is 53.4 Å². The minimum atomic E-state index is -3.74. The van der Waals surface area contributed by atoms with Crippen molar-refractivity contribution in [2.24, 2.45) is 0 Å². The summed E-state index contributed by atoms with van der Waals surface area (Å²) in [4.78, 5) is 0.0774. The zero-order valence-electron chi connectivity index (χ0n) is 10.7. The van der Waals surface area contributed by atoms with Crippen molar-refractivity contribution in [1.29, 1.82) is 5.26 Å². The van der Waals surface area contributed by atoms with Crippen molar-refractivity contribution < 1.29 is 8.42 Å². The third-order valence-electron chi connectivity index (χ3n) is 3.00. The molecule has 3 aromatic rings. The minimum Gasteiger partial charge on any atom is -0.276 e. The maximum absolute atomic E-state index is 12.3. The number of para-hydroxylation sites is 1. The number of hydrogen-bond donors (Lipinski definition) is 2. The molecule has 104 valence electrons. The van der Waals surface area contributed by atoms with Crippen molar-refractivity contribution in [2.45, 2.75) is 4.90 Å². The highest BCUT2D eigenvalue weighted by Crippen LogP contribution is 2.22. The monoisotopic (exact) mass is 298 g/mol. The first-order chi connectivity index (χ1) is 10.1. The van der Waals surface area contributed by atoms with Crippen LogP contribution in [0.25, 0.3) is 10.9 Å². The summed E-state index contributed by atoms with van der Waals surface area (Å²) in [6.45, 7) is 0. The van der Waals surface area contributed by atoms with Gasteiger partial charge in [-0.25, -0.2) is 8.42 Å². The van der Waals surface area contributed by atoms with Gasteiger partial charge in [-0.15, -0.1) is 0 Å². The number of H-pyrrole nitrogens is 1. The summed E-state index contributed by atoms with van der Waals surface area (Å²) in [6, 6.07) is 14.8. The second-order valence-electron chi connectivity index (χ2n) is 4.36. The van der Waals surface area contributed by atoms with E-state index < -0.39 is 10.0 Å². The van der Waals surface area contributed by atoms with Crippen LogP contribution in [-0.2, 0) is 10.0 Å². The van der Waals surface area contributed by atoms with Gasteiger partial charge in [0.1, 0.15) is 0 Å². The van der Waals surface area contributed by atoms with Crippen LogP contribution in [0, 0.1) is 11.3 Å². The summed E-state index contributed by atoms with van der Waals surface area (Å²) in [5, 5.41) is 16.1. The molecular weight excluding hydrogens is 288 g/mol. The largest absolute Gasteiger partial charge is 0.276 e. The van der Waals surface area contributed by atoms with E-state index in [0.717, 1.165) is 5.52 Å². The van der Waals surface area contributed by atoms with Gasteiger partial charge in [-0.3, -0.25) is 9.82 Å². The number of hydrogen-bond acceptors (Lipinski definition) is 4. The van der Waals surface area contributed by atoms with Gasteiger partial charge in [0.2, 0.25) is 0 Å². The Labute approximate surface area is 121 Å². The summed E-state index contributed by atoms with van der Waals surface area (Å²) < 4.78 is 27.0. The Bertz CT molecular complexity index is 937. The SMILES string of the molecule is N#Cc1ccc(S(=O)(=O)Nc2n[nH]c3ccccc23)cc1. The van der Waals surface area contributed by atoms with Gasteiger partial charge in [-0.1, -0.05) is 12.1 Å². The summed E-state index contributed by atoms with van der Waals surface area (Å²) in [5.41, 5.74) is 1.15. The van der Waals surface area contributed by atoms with Gasteiger partial charge in [0.25, 0.3) is 10.0 Å². The zero-order chi connectivity index (χ0) is 14.9. The quantitative estimate of drug-likeness (QED) is 0.774. The summed E-state index contributed by atoms with van der Waals surface area (Å²) in [7, 11) is -3.74. The second kappa shape index (κ2) is 4.92. The molecule has 0 atom stereocenters. The molecule has 0 unspecified atom stereocenters. The number of aromatic nitrogens is 2. The minimum absolute atomic E-state index is 0.0774. The molecule has 3 rings (SSSR count). The topological polar surface area (TPSA) is 98.6 Å². The van der Waals surface area contributed by atoms with E-state index >= 15 is 0 Å². The van der Waals surface area contributed by atoms with Crippen LogP contribution in [0.3, 0.4) is 0 Å². The van der Waals surface area contributed by atoms with Gasteiger partial charge < -0.3 is 0 Å². The average molecular weight is 298 g/mol. The van der Waals surface area contributed by atoms with Gasteiger partial charge in [0.05, 0.1) is 22.0 Å². The maximum atomic E-state index is 12.3. The Kier molecular flexibility index (Phi) is 3.08. The molecule has 0 amide bonds. The van der Waals surface area contributed by atoms with Crippen LogP contribution in [-0.4, -0.2) is 18.6 Å².